The molecular weight excluding hydrogens is 430 g/mol. The van der Waals surface area contributed by atoms with Crippen molar-refractivity contribution in [3.8, 4) is 16.9 Å². The van der Waals surface area contributed by atoms with Crippen LogP contribution in [0.4, 0.5) is 0 Å². The number of amides is 1. The second-order valence-electron chi connectivity index (χ2n) is 9.57. The zero-order chi connectivity index (χ0) is 23.3. The SMILES string of the molecule is COc1cc(-c2cn[nH]c2)ccc1C(=O)NC1CC2(C1)CC(c1n[nH]c(=O)c3ccccc13)C2. The molecule has 1 amide bonds. The van der Waals surface area contributed by atoms with Crippen molar-refractivity contribution >= 4 is 16.7 Å². The maximum Gasteiger partial charge on any atom is 0.272 e. The van der Waals surface area contributed by atoms with Crippen LogP contribution in [0.5, 0.6) is 5.75 Å². The van der Waals surface area contributed by atoms with E-state index >= 15 is 0 Å². The van der Waals surface area contributed by atoms with E-state index in [0.717, 1.165) is 47.9 Å². The summed E-state index contributed by atoms with van der Waals surface area (Å²) in [6.07, 6.45) is 7.54. The number of aromatic nitrogens is 4. The molecule has 2 fully saturated rings. The molecule has 0 radical (unpaired) electrons. The first-order chi connectivity index (χ1) is 16.5. The Bertz CT molecular complexity index is 1430. The molecule has 2 saturated carbocycles. The normalized spacial score (nSPS) is 23.3. The largest absolute Gasteiger partial charge is 0.496 e. The third-order valence-corrected chi connectivity index (χ3v) is 7.44. The Morgan fingerprint density at radius 2 is 1.88 bits per heavy atom. The minimum atomic E-state index is -0.145. The molecule has 0 saturated heterocycles. The van der Waals surface area contributed by atoms with Gasteiger partial charge in [0.25, 0.3) is 11.5 Å². The lowest BCUT2D eigenvalue weighted by Crippen LogP contribution is -2.55. The molecule has 0 bridgehead atoms. The van der Waals surface area contributed by atoms with E-state index in [4.69, 9.17) is 4.74 Å². The Balaban J connectivity index is 1.10. The summed E-state index contributed by atoms with van der Waals surface area (Å²) in [5.74, 6) is 0.776. The second-order valence-corrected chi connectivity index (χ2v) is 9.57. The van der Waals surface area contributed by atoms with Crippen molar-refractivity contribution in [3.63, 3.8) is 0 Å². The van der Waals surface area contributed by atoms with Crippen LogP contribution < -0.4 is 15.6 Å². The summed E-state index contributed by atoms with van der Waals surface area (Å²) < 4.78 is 5.49. The van der Waals surface area contributed by atoms with E-state index < -0.39 is 0 Å². The quantitative estimate of drug-likeness (QED) is 0.424. The summed E-state index contributed by atoms with van der Waals surface area (Å²) in [7, 11) is 1.58. The molecule has 2 heterocycles. The number of H-pyrrole nitrogens is 2. The number of carbonyl (C=O) groups excluding carboxylic acids is 1. The number of aromatic amines is 2. The van der Waals surface area contributed by atoms with Crippen LogP contribution in [0.2, 0.25) is 0 Å². The molecule has 2 aliphatic rings. The number of ether oxygens (including phenoxy) is 1. The second kappa shape index (κ2) is 7.83. The van der Waals surface area contributed by atoms with Gasteiger partial charge in [0.05, 0.1) is 30.0 Å². The molecule has 34 heavy (non-hydrogen) atoms. The predicted octanol–water partition coefficient (Wildman–Crippen LogP) is 3.78. The summed E-state index contributed by atoms with van der Waals surface area (Å²) in [6.45, 7) is 0. The Kier molecular flexibility index (Phi) is 4.76. The fourth-order valence-corrected chi connectivity index (χ4v) is 5.78. The van der Waals surface area contributed by atoms with Crippen molar-refractivity contribution in [2.75, 3.05) is 7.11 Å². The molecule has 1 spiro atoms. The molecule has 172 valence electrons. The Morgan fingerprint density at radius 3 is 2.62 bits per heavy atom. The molecule has 8 heteroatoms. The molecule has 8 nitrogen and oxygen atoms in total. The van der Waals surface area contributed by atoms with Crippen LogP contribution in [-0.2, 0) is 0 Å². The molecule has 2 aromatic heterocycles. The Hall–Kier alpha value is -3.94. The fourth-order valence-electron chi connectivity index (χ4n) is 5.78. The summed E-state index contributed by atoms with van der Waals surface area (Å²) in [5.41, 5.74) is 3.51. The van der Waals surface area contributed by atoms with Crippen molar-refractivity contribution < 1.29 is 9.53 Å². The summed E-state index contributed by atoms with van der Waals surface area (Å²) in [6, 6.07) is 13.4. The van der Waals surface area contributed by atoms with Crippen molar-refractivity contribution in [3.05, 3.63) is 76.5 Å². The molecule has 6 rings (SSSR count). The van der Waals surface area contributed by atoms with Crippen LogP contribution in [0, 0.1) is 5.41 Å². The van der Waals surface area contributed by atoms with Crippen molar-refractivity contribution in [1.29, 1.82) is 0 Å². The number of carbonyl (C=O) groups is 1. The van der Waals surface area contributed by atoms with Gasteiger partial charge in [-0.15, -0.1) is 0 Å². The lowest BCUT2D eigenvalue weighted by atomic mass is 9.49. The Morgan fingerprint density at radius 1 is 1.09 bits per heavy atom. The zero-order valence-corrected chi connectivity index (χ0v) is 18.8. The summed E-state index contributed by atoms with van der Waals surface area (Å²) in [5, 5.41) is 18.6. The zero-order valence-electron chi connectivity index (χ0n) is 18.8. The average molecular weight is 456 g/mol. The monoisotopic (exact) mass is 455 g/mol. The molecule has 3 N–H and O–H groups in total. The minimum Gasteiger partial charge on any atom is -0.496 e. The minimum absolute atomic E-state index is 0.111. The average Bonchev–Trinajstić information content (AvgIpc) is 3.35. The van der Waals surface area contributed by atoms with Gasteiger partial charge in [0, 0.05) is 29.1 Å². The van der Waals surface area contributed by atoms with Crippen LogP contribution in [0.3, 0.4) is 0 Å². The lowest BCUT2D eigenvalue weighted by molar-refractivity contribution is -0.0196. The van der Waals surface area contributed by atoms with E-state index in [0.29, 0.717) is 22.6 Å². The van der Waals surface area contributed by atoms with Gasteiger partial charge in [0.1, 0.15) is 5.75 Å². The predicted molar refractivity (Wildman–Crippen MR) is 128 cm³/mol. The maximum absolute atomic E-state index is 13.0. The van der Waals surface area contributed by atoms with Crippen LogP contribution in [0.1, 0.15) is 47.7 Å². The van der Waals surface area contributed by atoms with Crippen LogP contribution in [-0.4, -0.2) is 39.5 Å². The highest BCUT2D eigenvalue weighted by Crippen LogP contribution is 2.62. The number of benzene rings is 2. The van der Waals surface area contributed by atoms with Gasteiger partial charge >= 0.3 is 0 Å². The van der Waals surface area contributed by atoms with E-state index in [1.54, 1.807) is 25.6 Å². The number of nitrogens with zero attached hydrogens (tertiary/aromatic N) is 2. The van der Waals surface area contributed by atoms with Crippen molar-refractivity contribution in [2.24, 2.45) is 5.41 Å². The summed E-state index contributed by atoms with van der Waals surface area (Å²) in [4.78, 5) is 25.0. The number of methoxy groups -OCH3 is 1. The van der Waals surface area contributed by atoms with Gasteiger partial charge in [0.15, 0.2) is 0 Å². The molecule has 2 aliphatic carbocycles. The van der Waals surface area contributed by atoms with E-state index in [2.05, 4.69) is 25.7 Å². The van der Waals surface area contributed by atoms with Gasteiger partial charge < -0.3 is 10.1 Å². The van der Waals surface area contributed by atoms with Crippen LogP contribution >= 0.6 is 0 Å². The number of hydrogen-bond acceptors (Lipinski definition) is 5. The smallest absolute Gasteiger partial charge is 0.272 e. The Labute approximate surface area is 195 Å². The molecule has 0 atom stereocenters. The van der Waals surface area contributed by atoms with E-state index in [1.165, 1.54) is 0 Å². The van der Waals surface area contributed by atoms with Gasteiger partial charge in [0.2, 0.25) is 0 Å². The molecule has 0 unspecified atom stereocenters. The van der Waals surface area contributed by atoms with E-state index in [1.807, 2.05) is 36.4 Å². The first kappa shape index (κ1) is 20.7. The van der Waals surface area contributed by atoms with E-state index in [9.17, 15) is 9.59 Å². The third-order valence-electron chi connectivity index (χ3n) is 7.44. The highest BCUT2D eigenvalue weighted by atomic mass is 16.5. The highest BCUT2D eigenvalue weighted by molar-refractivity contribution is 5.98. The lowest BCUT2D eigenvalue weighted by Gasteiger charge is -2.57. The number of hydrogen-bond donors (Lipinski definition) is 3. The van der Waals surface area contributed by atoms with Crippen molar-refractivity contribution in [2.45, 2.75) is 37.6 Å². The van der Waals surface area contributed by atoms with Gasteiger partial charge in [-0.3, -0.25) is 14.7 Å². The number of nitrogens with one attached hydrogen (secondary N) is 3. The number of fused-ring (bicyclic) bond motifs is 1. The summed E-state index contributed by atoms with van der Waals surface area (Å²) >= 11 is 0. The molecule has 4 aromatic rings. The third kappa shape index (κ3) is 3.37. The van der Waals surface area contributed by atoms with E-state index in [-0.39, 0.29) is 22.9 Å². The fraction of sp³-hybridized carbons (Fsp3) is 0.308. The van der Waals surface area contributed by atoms with Gasteiger partial charge in [-0.1, -0.05) is 24.3 Å². The molecular formula is C26H25N5O3. The van der Waals surface area contributed by atoms with Gasteiger partial charge in [-0.25, -0.2) is 5.10 Å². The maximum atomic E-state index is 13.0. The van der Waals surface area contributed by atoms with Gasteiger partial charge in [-0.05, 0) is 54.9 Å². The van der Waals surface area contributed by atoms with Crippen molar-refractivity contribution in [1.82, 2.24) is 25.7 Å². The van der Waals surface area contributed by atoms with Crippen LogP contribution in [0.25, 0.3) is 21.9 Å². The first-order valence-electron chi connectivity index (χ1n) is 11.5. The molecule has 0 aliphatic heterocycles. The first-order valence-corrected chi connectivity index (χ1v) is 11.5. The van der Waals surface area contributed by atoms with Gasteiger partial charge in [-0.2, -0.15) is 10.2 Å². The highest BCUT2D eigenvalue weighted by Gasteiger charge is 2.54. The molecule has 2 aromatic carbocycles. The van der Waals surface area contributed by atoms with Crippen LogP contribution in [0.15, 0.2) is 59.7 Å². The number of rotatable bonds is 5. The topological polar surface area (TPSA) is 113 Å². The standard InChI is InChI=1S/C26H25N5O3/c1-34-22-8-15(17-13-27-28-14-17)6-7-21(22)24(32)29-18-11-26(12-18)9-16(10-26)23-19-4-2-3-5-20(19)25(33)31-30-23/h2-8,13-14,16,18H,9-12H2,1H3,(H,27,28)(H,29,32)(H,31,33).